The summed E-state index contributed by atoms with van der Waals surface area (Å²) in [5.74, 6) is -0.785. The van der Waals surface area contributed by atoms with Gasteiger partial charge < -0.3 is 9.80 Å². The van der Waals surface area contributed by atoms with Gasteiger partial charge in [0.05, 0.1) is 22.9 Å². The van der Waals surface area contributed by atoms with Crippen LogP contribution in [-0.2, 0) is 19.6 Å². The molecule has 3 saturated heterocycles. The maximum absolute atomic E-state index is 13.8. The SMILES string of the molecule is CCC[C@@H]1C(=O)N(S(=O)(=O)c2ccc3ccccc3c2)[C@@H]2CCN(C(=O)CCN3CCCCC3)[C@@H]12.Cl. The maximum Gasteiger partial charge on any atom is 0.266 e. The van der Waals surface area contributed by atoms with Crippen molar-refractivity contribution in [1.29, 1.82) is 0 Å². The summed E-state index contributed by atoms with van der Waals surface area (Å²) in [6, 6.07) is 11.8. The van der Waals surface area contributed by atoms with Crippen molar-refractivity contribution in [2.45, 2.75) is 68.8 Å². The fourth-order valence-corrected chi connectivity index (χ4v) is 7.93. The van der Waals surface area contributed by atoms with E-state index in [1.165, 1.54) is 19.3 Å². The molecule has 7 nitrogen and oxygen atoms in total. The molecule has 0 unspecified atom stereocenters. The minimum atomic E-state index is -4.03. The number of amides is 2. The van der Waals surface area contributed by atoms with Crippen molar-refractivity contribution >= 4 is 45.0 Å². The molecular formula is C27H36ClN3O4S. The van der Waals surface area contributed by atoms with E-state index in [2.05, 4.69) is 4.90 Å². The summed E-state index contributed by atoms with van der Waals surface area (Å²) in [4.78, 5) is 31.1. The number of piperidine rings is 1. The summed E-state index contributed by atoms with van der Waals surface area (Å²) >= 11 is 0. The van der Waals surface area contributed by atoms with Crippen molar-refractivity contribution in [3.8, 4) is 0 Å². The Balaban J connectivity index is 0.00000304. The smallest absolute Gasteiger partial charge is 0.266 e. The molecule has 9 heteroatoms. The van der Waals surface area contributed by atoms with Crippen molar-refractivity contribution < 1.29 is 18.0 Å². The van der Waals surface area contributed by atoms with Crippen molar-refractivity contribution in [2.75, 3.05) is 26.2 Å². The van der Waals surface area contributed by atoms with Gasteiger partial charge in [-0.05, 0) is 61.7 Å². The van der Waals surface area contributed by atoms with Gasteiger partial charge in [-0.2, -0.15) is 0 Å². The largest absolute Gasteiger partial charge is 0.337 e. The molecule has 196 valence electrons. The van der Waals surface area contributed by atoms with Crippen LogP contribution in [0.1, 0.15) is 51.9 Å². The van der Waals surface area contributed by atoms with Crippen LogP contribution in [0.25, 0.3) is 10.8 Å². The molecule has 0 aromatic heterocycles. The molecule has 0 radical (unpaired) electrons. The maximum atomic E-state index is 13.8. The molecule has 3 fully saturated rings. The van der Waals surface area contributed by atoms with Gasteiger partial charge >= 0.3 is 0 Å². The number of halogens is 1. The van der Waals surface area contributed by atoms with Gasteiger partial charge in [-0.1, -0.05) is 50.1 Å². The Hall–Kier alpha value is -2.16. The molecule has 36 heavy (non-hydrogen) atoms. The Kier molecular flexibility index (Phi) is 8.27. The molecule has 3 aliphatic heterocycles. The van der Waals surface area contributed by atoms with Crippen LogP contribution in [0.4, 0.5) is 0 Å². The van der Waals surface area contributed by atoms with E-state index in [0.717, 1.165) is 41.1 Å². The Bertz CT molecular complexity index is 1210. The first kappa shape index (κ1) is 26.9. The highest BCUT2D eigenvalue weighted by molar-refractivity contribution is 7.89. The Labute approximate surface area is 220 Å². The topological polar surface area (TPSA) is 78.0 Å². The van der Waals surface area contributed by atoms with Crippen LogP contribution in [0, 0.1) is 5.92 Å². The predicted molar refractivity (Wildman–Crippen MR) is 142 cm³/mol. The van der Waals surface area contributed by atoms with Crippen LogP contribution < -0.4 is 0 Å². The summed E-state index contributed by atoms with van der Waals surface area (Å²) in [5, 5.41) is 1.77. The van der Waals surface area contributed by atoms with Crippen molar-refractivity contribution in [3.63, 3.8) is 0 Å². The first-order valence-corrected chi connectivity index (χ1v) is 14.4. The number of likely N-dealkylation sites (tertiary alicyclic amines) is 2. The lowest BCUT2D eigenvalue weighted by Gasteiger charge is -2.30. The molecule has 2 amide bonds. The third-order valence-corrected chi connectivity index (χ3v) is 9.77. The molecule has 3 atom stereocenters. The molecule has 3 aliphatic rings. The quantitative estimate of drug-likeness (QED) is 0.536. The molecular weight excluding hydrogens is 498 g/mol. The Morgan fingerprint density at radius 2 is 1.72 bits per heavy atom. The lowest BCUT2D eigenvalue weighted by atomic mass is 9.94. The highest BCUT2D eigenvalue weighted by atomic mass is 35.5. The van der Waals surface area contributed by atoms with Gasteiger partial charge in [0.15, 0.2) is 0 Å². The minimum absolute atomic E-state index is 0. The average Bonchev–Trinajstić information content (AvgIpc) is 3.41. The number of benzene rings is 2. The van der Waals surface area contributed by atoms with E-state index in [4.69, 9.17) is 0 Å². The second-order valence-corrected chi connectivity index (χ2v) is 11.9. The summed E-state index contributed by atoms with van der Waals surface area (Å²) in [6.45, 7) is 5.31. The van der Waals surface area contributed by atoms with Crippen LogP contribution in [0.2, 0.25) is 0 Å². The molecule has 0 saturated carbocycles. The van der Waals surface area contributed by atoms with Gasteiger partial charge in [-0.15, -0.1) is 12.4 Å². The standard InChI is InChI=1S/C27H35N3O4S.ClH/c1-2-8-23-26-24(13-18-29(26)25(31)14-17-28-15-6-3-7-16-28)30(27(23)32)35(33,34)22-12-11-20-9-4-5-10-21(20)19-22;/h4-5,9-12,19,23-24,26H,2-3,6-8,13-18H2,1H3;1H/t23-,24+,26-;/m0./s1. The summed E-state index contributed by atoms with van der Waals surface area (Å²) in [5.41, 5.74) is 0. The second kappa shape index (κ2) is 11.1. The third kappa shape index (κ3) is 4.87. The zero-order chi connectivity index (χ0) is 24.6. The average molecular weight is 534 g/mol. The van der Waals surface area contributed by atoms with Gasteiger partial charge in [-0.25, -0.2) is 12.7 Å². The van der Waals surface area contributed by atoms with Crippen molar-refractivity contribution in [2.24, 2.45) is 5.92 Å². The Morgan fingerprint density at radius 3 is 2.44 bits per heavy atom. The van der Waals surface area contributed by atoms with E-state index in [0.29, 0.717) is 25.8 Å². The molecule has 0 N–H and O–H groups in total. The first-order chi connectivity index (χ1) is 16.9. The first-order valence-electron chi connectivity index (χ1n) is 13.0. The van der Waals surface area contributed by atoms with Gasteiger partial charge in [0, 0.05) is 19.5 Å². The molecule has 0 spiro atoms. The van der Waals surface area contributed by atoms with Gasteiger partial charge in [-0.3, -0.25) is 9.59 Å². The van der Waals surface area contributed by atoms with Crippen LogP contribution in [0.3, 0.4) is 0 Å². The lowest BCUT2D eigenvalue weighted by Crippen LogP contribution is -2.44. The zero-order valence-corrected chi connectivity index (χ0v) is 22.5. The number of carbonyl (C=O) groups excluding carboxylic acids is 2. The minimum Gasteiger partial charge on any atom is -0.337 e. The molecule has 3 heterocycles. The molecule has 0 bridgehead atoms. The molecule has 2 aromatic rings. The fraction of sp³-hybridized carbons (Fsp3) is 0.556. The highest BCUT2D eigenvalue weighted by Gasteiger charge is 2.58. The normalized spacial score (nSPS) is 24.7. The highest BCUT2D eigenvalue weighted by Crippen LogP contribution is 2.42. The number of sulfonamides is 1. The zero-order valence-electron chi connectivity index (χ0n) is 20.8. The monoisotopic (exact) mass is 533 g/mol. The van der Waals surface area contributed by atoms with E-state index in [9.17, 15) is 18.0 Å². The van der Waals surface area contributed by atoms with Gasteiger partial charge in [0.1, 0.15) is 0 Å². The molecule has 5 rings (SSSR count). The van der Waals surface area contributed by atoms with Gasteiger partial charge in [0.25, 0.3) is 10.0 Å². The van der Waals surface area contributed by atoms with Crippen molar-refractivity contribution in [1.82, 2.24) is 14.1 Å². The number of hydrogen-bond donors (Lipinski definition) is 0. The van der Waals surface area contributed by atoms with Crippen LogP contribution >= 0.6 is 12.4 Å². The summed E-state index contributed by atoms with van der Waals surface area (Å²) in [6.07, 6.45) is 5.88. The number of carbonyl (C=O) groups is 2. The van der Waals surface area contributed by atoms with Crippen LogP contribution in [-0.4, -0.2) is 72.6 Å². The number of fused-ring (bicyclic) bond motifs is 2. The fourth-order valence-electron chi connectivity index (χ4n) is 6.23. The third-order valence-electron chi connectivity index (χ3n) is 7.96. The summed E-state index contributed by atoms with van der Waals surface area (Å²) in [7, 11) is -4.03. The number of hydrogen-bond acceptors (Lipinski definition) is 5. The summed E-state index contributed by atoms with van der Waals surface area (Å²) < 4.78 is 28.7. The lowest BCUT2D eigenvalue weighted by molar-refractivity contribution is -0.134. The predicted octanol–water partition coefficient (Wildman–Crippen LogP) is 4.05. The van der Waals surface area contributed by atoms with E-state index in [1.807, 2.05) is 36.1 Å². The van der Waals surface area contributed by atoms with E-state index >= 15 is 0 Å². The van der Waals surface area contributed by atoms with E-state index in [1.54, 1.807) is 18.2 Å². The number of rotatable bonds is 7. The second-order valence-electron chi connectivity index (χ2n) is 10.1. The van der Waals surface area contributed by atoms with Gasteiger partial charge in [0.2, 0.25) is 11.8 Å². The van der Waals surface area contributed by atoms with Crippen LogP contribution in [0.15, 0.2) is 47.4 Å². The molecule has 2 aromatic carbocycles. The van der Waals surface area contributed by atoms with Crippen LogP contribution in [0.5, 0.6) is 0 Å². The van der Waals surface area contributed by atoms with E-state index < -0.39 is 22.0 Å². The van der Waals surface area contributed by atoms with E-state index in [-0.39, 0.29) is 35.2 Å². The number of nitrogens with zero attached hydrogens (tertiary/aromatic N) is 3. The molecule has 0 aliphatic carbocycles. The van der Waals surface area contributed by atoms with Crippen molar-refractivity contribution in [3.05, 3.63) is 42.5 Å². The Morgan fingerprint density at radius 1 is 1.00 bits per heavy atom.